The fourth-order valence-corrected chi connectivity index (χ4v) is 1.09. The molecule has 0 saturated heterocycles. The summed E-state index contributed by atoms with van der Waals surface area (Å²) in [5.41, 5.74) is 0. The maximum absolute atomic E-state index is 4.32. The van der Waals surface area contributed by atoms with Crippen molar-refractivity contribution < 1.29 is 0 Å². The van der Waals surface area contributed by atoms with Crippen LogP contribution in [0.4, 0.5) is 0 Å². The molecule has 0 atom stereocenters. The first-order chi connectivity index (χ1) is 4.66. The first-order valence-corrected chi connectivity index (χ1v) is 4.50. The lowest BCUT2D eigenvalue weighted by Crippen LogP contribution is -2.15. The average Bonchev–Trinajstić information content (AvgIpc) is 1.85. The molecule has 62 valence electrons. The predicted octanol–water partition coefficient (Wildman–Crippen LogP) is 2.59. The van der Waals surface area contributed by atoms with Crippen molar-refractivity contribution in [1.29, 1.82) is 0 Å². The van der Waals surface area contributed by atoms with Crippen LogP contribution in [0.2, 0.25) is 0 Å². The van der Waals surface area contributed by atoms with Crippen LogP contribution in [0.25, 0.3) is 0 Å². The Morgan fingerprint density at radius 3 is 2.30 bits per heavy atom. The van der Waals surface area contributed by atoms with Gasteiger partial charge in [0.05, 0.1) is 0 Å². The van der Waals surface area contributed by atoms with Crippen molar-refractivity contribution in [2.75, 3.05) is 13.1 Å². The molecular formula is C8H19NS. The molecule has 0 unspecified atom stereocenters. The zero-order valence-corrected chi connectivity index (χ0v) is 8.19. The Labute approximate surface area is 70.3 Å². The van der Waals surface area contributed by atoms with E-state index >= 15 is 0 Å². The molecule has 0 aromatic heterocycles. The van der Waals surface area contributed by atoms with E-state index in [1.807, 2.05) is 0 Å². The lowest BCUT2D eigenvalue weighted by atomic mass is 10.1. The first-order valence-electron chi connectivity index (χ1n) is 4.10. The second-order valence-electron chi connectivity index (χ2n) is 3.14. The summed E-state index contributed by atoms with van der Waals surface area (Å²) in [4.78, 5) is 0. The van der Waals surface area contributed by atoms with Crippen LogP contribution in [-0.2, 0) is 0 Å². The molecule has 0 spiro atoms. The van der Waals surface area contributed by atoms with Gasteiger partial charge in [-0.25, -0.2) is 0 Å². The number of thiol groups is 1. The molecule has 0 heterocycles. The predicted molar refractivity (Wildman–Crippen MR) is 50.3 cm³/mol. The van der Waals surface area contributed by atoms with Crippen molar-refractivity contribution in [1.82, 2.24) is 4.31 Å². The topological polar surface area (TPSA) is 3.24 Å². The Bertz CT molecular complexity index is 73.7. The van der Waals surface area contributed by atoms with Crippen LogP contribution in [0.1, 0.15) is 33.6 Å². The van der Waals surface area contributed by atoms with Crippen LogP contribution in [0.5, 0.6) is 0 Å². The monoisotopic (exact) mass is 161 g/mol. The van der Waals surface area contributed by atoms with Gasteiger partial charge < -0.3 is 0 Å². The summed E-state index contributed by atoms with van der Waals surface area (Å²) < 4.78 is 2.10. The highest BCUT2D eigenvalue weighted by Crippen LogP contribution is 2.03. The van der Waals surface area contributed by atoms with Crippen LogP contribution in [0.3, 0.4) is 0 Å². The largest absolute Gasteiger partial charge is 0.253 e. The van der Waals surface area contributed by atoms with E-state index in [-0.39, 0.29) is 0 Å². The van der Waals surface area contributed by atoms with Gasteiger partial charge in [-0.3, -0.25) is 4.31 Å². The Morgan fingerprint density at radius 2 is 1.90 bits per heavy atom. The minimum absolute atomic E-state index is 0.798. The average molecular weight is 161 g/mol. The molecule has 0 N–H and O–H groups in total. The van der Waals surface area contributed by atoms with Crippen LogP contribution >= 0.6 is 12.8 Å². The van der Waals surface area contributed by atoms with Crippen molar-refractivity contribution >= 4 is 12.8 Å². The quantitative estimate of drug-likeness (QED) is 0.607. The van der Waals surface area contributed by atoms with E-state index < -0.39 is 0 Å². The summed E-state index contributed by atoms with van der Waals surface area (Å²) in [5.74, 6) is 0.798. The minimum Gasteiger partial charge on any atom is -0.253 e. The third-order valence-corrected chi connectivity index (χ3v) is 1.85. The van der Waals surface area contributed by atoms with Gasteiger partial charge in [0.15, 0.2) is 0 Å². The first kappa shape index (κ1) is 10.3. The van der Waals surface area contributed by atoms with Gasteiger partial charge in [0, 0.05) is 13.1 Å². The van der Waals surface area contributed by atoms with Crippen molar-refractivity contribution in [3.8, 4) is 0 Å². The molecule has 0 saturated carbocycles. The molecule has 0 aromatic carbocycles. The molecule has 2 heteroatoms. The second kappa shape index (κ2) is 6.05. The van der Waals surface area contributed by atoms with Gasteiger partial charge in [0.2, 0.25) is 0 Å². The van der Waals surface area contributed by atoms with E-state index in [2.05, 4.69) is 37.9 Å². The van der Waals surface area contributed by atoms with E-state index in [9.17, 15) is 0 Å². The fraction of sp³-hybridized carbons (Fsp3) is 1.00. The van der Waals surface area contributed by atoms with Crippen LogP contribution < -0.4 is 0 Å². The van der Waals surface area contributed by atoms with Crippen LogP contribution in [-0.4, -0.2) is 17.4 Å². The number of hydrogen-bond donors (Lipinski definition) is 1. The lowest BCUT2D eigenvalue weighted by molar-refractivity contribution is 0.423. The summed E-state index contributed by atoms with van der Waals surface area (Å²) in [7, 11) is 0. The van der Waals surface area contributed by atoms with E-state index in [0.29, 0.717) is 0 Å². The van der Waals surface area contributed by atoms with Gasteiger partial charge in [0.1, 0.15) is 0 Å². The molecule has 0 aliphatic carbocycles. The number of hydrogen-bond acceptors (Lipinski definition) is 2. The fourth-order valence-electron chi connectivity index (χ4n) is 0.777. The summed E-state index contributed by atoms with van der Waals surface area (Å²) in [6, 6.07) is 0. The van der Waals surface area contributed by atoms with Gasteiger partial charge in [-0.1, -0.05) is 33.6 Å². The van der Waals surface area contributed by atoms with Gasteiger partial charge in [-0.2, -0.15) is 0 Å². The van der Waals surface area contributed by atoms with Crippen LogP contribution in [0.15, 0.2) is 0 Å². The maximum atomic E-state index is 4.32. The highest BCUT2D eigenvalue weighted by molar-refractivity contribution is 7.77. The summed E-state index contributed by atoms with van der Waals surface area (Å²) in [6.07, 6.45) is 2.45. The molecule has 0 aliphatic rings. The van der Waals surface area contributed by atoms with Gasteiger partial charge in [-0.05, 0) is 18.8 Å². The Kier molecular flexibility index (Phi) is 6.24. The highest BCUT2D eigenvalue weighted by atomic mass is 32.1. The minimum atomic E-state index is 0.798. The summed E-state index contributed by atoms with van der Waals surface area (Å²) in [6.45, 7) is 8.89. The highest BCUT2D eigenvalue weighted by Gasteiger charge is 1.98. The smallest absolute Gasteiger partial charge is 0.00894 e. The third kappa shape index (κ3) is 6.43. The molecule has 0 fully saturated rings. The number of nitrogens with zero attached hydrogens (tertiary/aromatic N) is 1. The molecule has 0 amide bonds. The zero-order valence-electron chi connectivity index (χ0n) is 7.30. The normalized spacial score (nSPS) is 11.4. The maximum Gasteiger partial charge on any atom is 0.00894 e. The van der Waals surface area contributed by atoms with Gasteiger partial charge >= 0.3 is 0 Å². The van der Waals surface area contributed by atoms with E-state index in [4.69, 9.17) is 0 Å². The van der Waals surface area contributed by atoms with Gasteiger partial charge in [0.25, 0.3) is 0 Å². The third-order valence-electron chi connectivity index (χ3n) is 1.45. The molecule has 0 aromatic rings. The standard InChI is InChI=1S/C8H19NS/c1-4-6-9(10)7-5-8(2)3/h8,10H,4-7H2,1-3H3. The van der Waals surface area contributed by atoms with Crippen molar-refractivity contribution in [3.05, 3.63) is 0 Å². The Balaban J connectivity index is 3.12. The number of rotatable bonds is 5. The SMILES string of the molecule is CCCN(S)CCC(C)C. The molecule has 0 rings (SSSR count). The summed E-state index contributed by atoms with van der Waals surface area (Å²) in [5, 5.41) is 0. The summed E-state index contributed by atoms with van der Waals surface area (Å²) >= 11 is 4.32. The molecule has 10 heavy (non-hydrogen) atoms. The van der Waals surface area contributed by atoms with E-state index in [1.165, 1.54) is 12.8 Å². The van der Waals surface area contributed by atoms with Crippen LogP contribution in [0, 0.1) is 5.92 Å². The van der Waals surface area contributed by atoms with E-state index in [0.717, 1.165) is 19.0 Å². The zero-order chi connectivity index (χ0) is 7.98. The molecule has 0 radical (unpaired) electrons. The Morgan fingerprint density at radius 1 is 1.30 bits per heavy atom. The molecule has 1 nitrogen and oxygen atoms in total. The molecule has 0 aliphatic heterocycles. The second-order valence-corrected chi connectivity index (χ2v) is 3.70. The van der Waals surface area contributed by atoms with Crippen molar-refractivity contribution in [3.63, 3.8) is 0 Å². The molecular weight excluding hydrogens is 142 g/mol. The van der Waals surface area contributed by atoms with Crippen molar-refractivity contribution in [2.45, 2.75) is 33.6 Å². The Hall–Kier alpha value is 0.310. The van der Waals surface area contributed by atoms with Crippen molar-refractivity contribution in [2.24, 2.45) is 5.92 Å². The molecule has 0 bridgehead atoms. The lowest BCUT2D eigenvalue weighted by Gasteiger charge is -2.14. The van der Waals surface area contributed by atoms with E-state index in [1.54, 1.807) is 0 Å². The van der Waals surface area contributed by atoms with Gasteiger partial charge in [-0.15, -0.1) is 0 Å².